The molecule has 0 amide bonds. The van der Waals surface area contributed by atoms with E-state index in [2.05, 4.69) is 4.98 Å². The first-order valence-electron chi connectivity index (χ1n) is 6.30. The zero-order chi connectivity index (χ0) is 15.2. The first-order chi connectivity index (χ1) is 9.35. The molecule has 5 nitrogen and oxygen atoms in total. The van der Waals surface area contributed by atoms with Crippen molar-refractivity contribution < 1.29 is 14.3 Å². The topological polar surface area (TPSA) is 72.2 Å². The number of hydrogen-bond donors (Lipinski definition) is 0. The zero-order valence-electron chi connectivity index (χ0n) is 12.1. The van der Waals surface area contributed by atoms with E-state index in [0.29, 0.717) is 18.1 Å². The number of rotatable bonds is 4. The first-order valence-corrected chi connectivity index (χ1v) is 6.30. The summed E-state index contributed by atoms with van der Waals surface area (Å²) >= 11 is 0. The molecule has 0 aliphatic carbocycles. The molecule has 0 aliphatic heterocycles. The van der Waals surface area contributed by atoms with Gasteiger partial charge in [-0.25, -0.2) is 9.78 Å². The van der Waals surface area contributed by atoms with E-state index >= 15 is 0 Å². The van der Waals surface area contributed by atoms with Crippen LogP contribution in [0.1, 0.15) is 39.1 Å². The smallest absolute Gasteiger partial charge is 0.330 e. The Balaban J connectivity index is 2.93. The van der Waals surface area contributed by atoms with Crippen molar-refractivity contribution in [1.29, 1.82) is 5.26 Å². The Morgan fingerprint density at radius 2 is 2.15 bits per heavy atom. The molecule has 0 N–H and O–H groups in total. The van der Waals surface area contributed by atoms with E-state index in [1.807, 2.05) is 26.8 Å². The van der Waals surface area contributed by atoms with Gasteiger partial charge in [-0.15, -0.1) is 0 Å². The molecule has 1 heterocycles. The monoisotopic (exact) mass is 274 g/mol. The van der Waals surface area contributed by atoms with E-state index in [4.69, 9.17) is 14.7 Å². The van der Waals surface area contributed by atoms with Crippen molar-refractivity contribution in [2.45, 2.75) is 33.3 Å². The number of pyridine rings is 1. The molecule has 5 heteroatoms. The van der Waals surface area contributed by atoms with Crippen LogP contribution in [-0.4, -0.2) is 23.2 Å². The third-order valence-corrected chi connectivity index (χ3v) is 2.08. The van der Waals surface area contributed by atoms with Gasteiger partial charge in [-0.3, -0.25) is 0 Å². The Morgan fingerprint density at radius 3 is 2.70 bits per heavy atom. The zero-order valence-corrected chi connectivity index (χ0v) is 12.1. The van der Waals surface area contributed by atoms with Crippen LogP contribution in [0.25, 0.3) is 6.08 Å². The van der Waals surface area contributed by atoms with Gasteiger partial charge in [0.25, 0.3) is 0 Å². The number of ether oxygens (including phenoxy) is 2. The van der Waals surface area contributed by atoms with Gasteiger partial charge in [-0.05, 0) is 45.9 Å². The number of esters is 1. The lowest BCUT2D eigenvalue weighted by molar-refractivity contribution is -0.137. The van der Waals surface area contributed by atoms with Crippen LogP contribution < -0.4 is 4.74 Å². The molecule has 0 saturated heterocycles. The molecule has 0 atom stereocenters. The second kappa shape index (κ2) is 6.71. The maximum absolute atomic E-state index is 11.2. The Bertz CT molecular complexity index is 551. The summed E-state index contributed by atoms with van der Waals surface area (Å²) in [5.74, 6) is -0.0175. The van der Waals surface area contributed by atoms with Crippen molar-refractivity contribution in [2.75, 3.05) is 6.61 Å². The van der Waals surface area contributed by atoms with Crippen LogP contribution in [0.3, 0.4) is 0 Å². The minimum Gasteiger partial charge on any atom is -0.485 e. The molecular weight excluding hydrogens is 256 g/mol. The average Bonchev–Trinajstić information content (AvgIpc) is 2.36. The van der Waals surface area contributed by atoms with Gasteiger partial charge >= 0.3 is 5.97 Å². The fourth-order valence-electron chi connectivity index (χ4n) is 1.39. The Kier molecular flexibility index (Phi) is 5.27. The summed E-state index contributed by atoms with van der Waals surface area (Å²) in [5, 5.41) is 9.09. The summed E-state index contributed by atoms with van der Waals surface area (Å²) in [4.78, 5) is 15.3. The molecule has 1 rings (SSSR count). The van der Waals surface area contributed by atoms with Crippen molar-refractivity contribution in [3.63, 3.8) is 0 Å². The summed E-state index contributed by atoms with van der Waals surface area (Å²) in [7, 11) is 0. The maximum Gasteiger partial charge on any atom is 0.330 e. The Labute approximate surface area is 118 Å². The van der Waals surface area contributed by atoms with Gasteiger partial charge in [0, 0.05) is 6.08 Å². The highest BCUT2D eigenvalue weighted by Crippen LogP contribution is 2.21. The summed E-state index contributed by atoms with van der Waals surface area (Å²) in [6.45, 7) is 7.73. The first kappa shape index (κ1) is 15.7. The second-order valence-corrected chi connectivity index (χ2v) is 4.99. The lowest BCUT2D eigenvalue weighted by atomic mass is 10.2. The maximum atomic E-state index is 11.2. The predicted octanol–water partition coefficient (Wildman–Crippen LogP) is 2.71. The average molecular weight is 274 g/mol. The third-order valence-electron chi connectivity index (χ3n) is 2.08. The molecule has 1 aromatic heterocycles. The lowest BCUT2D eigenvalue weighted by Gasteiger charge is -2.21. The molecule has 0 radical (unpaired) electrons. The molecule has 0 fully saturated rings. The molecule has 1 aromatic rings. The largest absolute Gasteiger partial charge is 0.485 e. The molecule has 106 valence electrons. The molecule has 20 heavy (non-hydrogen) atoms. The Hall–Kier alpha value is -2.35. The minimum atomic E-state index is -0.442. The van der Waals surface area contributed by atoms with E-state index in [-0.39, 0.29) is 5.69 Å². The quantitative estimate of drug-likeness (QED) is 0.623. The third kappa shape index (κ3) is 5.11. The molecular formula is C15H18N2O3. The summed E-state index contributed by atoms with van der Waals surface area (Å²) in [6, 6.07) is 5.33. The number of nitriles is 1. The van der Waals surface area contributed by atoms with Crippen LogP contribution in [0.2, 0.25) is 0 Å². The van der Waals surface area contributed by atoms with Crippen LogP contribution in [0.4, 0.5) is 0 Å². The highest BCUT2D eigenvalue weighted by Gasteiger charge is 2.15. The van der Waals surface area contributed by atoms with E-state index in [1.165, 1.54) is 12.2 Å². The predicted molar refractivity (Wildman–Crippen MR) is 75.0 cm³/mol. The molecule has 0 saturated carbocycles. The van der Waals surface area contributed by atoms with E-state index in [9.17, 15) is 4.79 Å². The fraction of sp³-hybridized carbons (Fsp3) is 0.400. The fourth-order valence-corrected chi connectivity index (χ4v) is 1.39. The highest BCUT2D eigenvalue weighted by molar-refractivity contribution is 5.86. The van der Waals surface area contributed by atoms with Crippen molar-refractivity contribution >= 4 is 12.0 Å². The van der Waals surface area contributed by atoms with E-state index in [1.54, 1.807) is 19.1 Å². The van der Waals surface area contributed by atoms with E-state index < -0.39 is 11.6 Å². The van der Waals surface area contributed by atoms with Gasteiger partial charge in [0.1, 0.15) is 11.7 Å². The van der Waals surface area contributed by atoms with Crippen molar-refractivity contribution in [3.05, 3.63) is 29.6 Å². The van der Waals surface area contributed by atoms with Gasteiger partial charge in [-0.1, -0.05) is 0 Å². The van der Waals surface area contributed by atoms with Crippen molar-refractivity contribution in [3.8, 4) is 11.8 Å². The van der Waals surface area contributed by atoms with Gasteiger partial charge in [0.15, 0.2) is 11.4 Å². The van der Waals surface area contributed by atoms with Crippen LogP contribution in [0.15, 0.2) is 18.2 Å². The van der Waals surface area contributed by atoms with Crippen LogP contribution in [0.5, 0.6) is 5.75 Å². The SMILES string of the molecule is CCOC(=O)C=Cc1ccc(OC(C)(C)C)c(C#N)n1. The summed E-state index contributed by atoms with van der Waals surface area (Å²) in [5.41, 5.74) is 0.275. The number of carbonyl (C=O) groups is 1. The minimum absolute atomic E-state index is 0.186. The van der Waals surface area contributed by atoms with Gasteiger partial charge in [0.05, 0.1) is 12.3 Å². The number of aromatic nitrogens is 1. The van der Waals surface area contributed by atoms with Crippen molar-refractivity contribution in [1.82, 2.24) is 4.98 Å². The molecule has 0 unspecified atom stereocenters. The number of carbonyl (C=O) groups excluding carboxylic acids is 1. The van der Waals surface area contributed by atoms with E-state index in [0.717, 1.165) is 0 Å². The molecule has 0 bridgehead atoms. The van der Waals surface area contributed by atoms with Crippen LogP contribution in [-0.2, 0) is 9.53 Å². The normalized spacial score (nSPS) is 11.2. The standard InChI is InChI=1S/C15H18N2O3/c1-5-19-14(18)9-7-11-6-8-13(12(10-16)17-11)20-15(2,3)4/h6-9H,5H2,1-4H3. The van der Waals surface area contributed by atoms with Crippen molar-refractivity contribution in [2.24, 2.45) is 0 Å². The highest BCUT2D eigenvalue weighted by atomic mass is 16.5. The second-order valence-electron chi connectivity index (χ2n) is 4.99. The van der Waals surface area contributed by atoms with Gasteiger partial charge < -0.3 is 9.47 Å². The molecule has 0 aromatic carbocycles. The lowest BCUT2D eigenvalue weighted by Crippen LogP contribution is -2.23. The van der Waals surface area contributed by atoms with Crippen LogP contribution >= 0.6 is 0 Å². The number of hydrogen-bond acceptors (Lipinski definition) is 5. The summed E-state index contributed by atoms with van der Waals surface area (Å²) in [6.07, 6.45) is 2.77. The van der Waals surface area contributed by atoms with Gasteiger partial charge in [-0.2, -0.15) is 5.26 Å². The molecule has 0 aliphatic rings. The molecule has 0 spiro atoms. The summed E-state index contributed by atoms with van der Waals surface area (Å²) < 4.78 is 10.4. The van der Waals surface area contributed by atoms with Gasteiger partial charge in [0.2, 0.25) is 0 Å². The number of nitrogens with zero attached hydrogens (tertiary/aromatic N) is 2. The van der Waals surface area contributed by atoms with Crippen LogP contribution in [0, 0.1) is 11.3 Å². The Morgan fingerprint density at radius 1 is 1.45 bits per heavy atom.